The molecule has 16 nitrogen and oxygen atoms in total. The molecule has 2 unspecified atom stereocenters. The highest BCUT2D eigenvalue weighted by Crippen LogP contribution is 2.33. The van der Waals surface area contributed by atoms with Crippen molar-refractivity contribution in [3.63, 3.8) is 0 Å². The van der Waals surface area contributed by atoms with E-state index < -0.39 is 42.1 Å². The van der Waals surface area contributed by atoms with Crippen LogP contribution < -0.4 is 5.32 Å². The fraction of sp³-hybridized carbons (Fsp3) is 0.732. The van der Waals surface area contributed by atoms with Crippen LogP contribution in [0.2, 0.25) is 0 Å². The van der Waals surface area contributed by atoms with Crippen molar-refractivity contribution in [1.29, 1.82) is 0 Å². The molecule has 1 aliphatic heterocycles. The lowest BCUT2D eigenvalue weighted by molar-refractivity contribution is -0.149. The molecule has 0 spiro atoms. The second-order valence-corrected chi connectivity index (χ2v) is 22.7. The SMILES string of the molecule is CCC(C)[C@@H](C(CC(=O)N1CCC[C@H]1[C@H](OC)[C@@H](C)C(=O)C[C@H](C)[C@@H](O)c1ccc(NC(=O)CCCCC(=O)/C(Br)=C(/Br)C(=O)CCCOCCO)cc1)OC)N(C)C(=O)[C@@H](CC(=O)[C@H](C(C)C)N(C)C)C(C)C. The molecule has 0 aliphatic carbocycles. The summed E-state index contributed by atoms with van der Waals surface area (Å²) in [5.74, 6) is -2.74. The topological polar surface area (TPSA) is 209 Å². The Balaban J connectivity index is 2.04. The minimum Gasteiger partial charge on any atom is -0.394 e. The van der Waals surface area contributed by atoms with Gasteiger partial charge in [0.1, 0.15) is 5.78 Å². The van der Waals surface area contributed by atoms with Gasteiger partial charge in [-0.2, -0.15) is 0 Å². The monoisotopic (exact) mass is 1170 g/mol. The number of likely N-dealkylation sites (N-methyl/N-ethyl adjacent to an activating group) is 2. The molecule has 0 aromatic heterocycles. The molecule has 3 N–H and O–H groups in total. The average molecular weight is 1170 g/mol. The van der Waals surface area contributed by atoms with Gasteiger partial charge in [0.15, 0.2) is 17.3 Å². The second-order valence-electron chi connectivity index (χ2n) is 21.1. The van der Waals surface area contributed by atoms with Crippen molar-refractivity contribution in [1.82, 2.24) is 14.7 Å². The number of aliphatic hydroxyl groups is 2. The van der Waals surface area contributed by atoms with E-state index in [1.165, 1.54) is 0 Å². The Morgan fingerprint density at radius 3 is 1.89 bits per heavy atom. The Kier molecular flexibility index (Phi) is 30.6. The Morgan fingerprint density at radius 1 is 0.770 bits per heavy atom. The van der Waals surface area contributed by atoms with E-state index in [0.717, 1.165) is 12.8 Å². The quantitative estimate of drug-likeness (QED) is 0.0426. The Morgan fingerprint density at radius 2 is 1.36 bits per heavy atom. The molecular formula is C56H90Br2N4O12. The molecule has 1 aromatic rings. The molecule has 74 heavy (non-hydrogen) atoms. The third-order valence-corrected chi connectivity index (χ3v) is 16.9. The Hall–Kier alpha value is -3.23. The van der Waals surface area contributed by atoms with Gasteiger partial charge in [0.25, 0.3) is 0 Å². The Bertz CT molecular complexity index is 1990. The van der Waals surface area contributed by atoms with Crippen molar-refractivity contribution < 1.29 is 58.0 Å². The molecule has 10 atom stereocenters. The number of amides is 3. The molecule has 0 saturated carbocycles. The highest BCUT2D eigenvalue weighted by Gasteiger charge is 2.43. The summed E-state index contributed by atoms with van der Waals surface area (Å²) >= 11 is 6.44. The van der Waals surface area contributed by atoms with Crippen LogP contribution in [0.3, 0.4) is 0 Å². The van der Waals surface area contributed by atoms with E-state index in [1.54, 1.807) is 69.2 Å². The number of unbranched alkanes of at least 4 members (excludes halogenated alkanes) is 1. The lowest BCUT2D eigenvalue weighted by atomic mass is 9.83. The number of nitrogens with one attached hydrogen (secondary N) is 1. The van der Waals surface area contributed by atoms with Crippen molar-refractivity contribution in [2.75, 3.05) is 67.0 Å². The van der Waals surface area contributed by atoms with E-state index >= 15 is 0 Å². The number of rotatable bonds is 36. The standard InChI is InChI=1S/C56H90Br2N4O12/c1-14-36(6)53(61(11)56(71)41(34(2)3)32-46(67)52(35(4)5)60(9)10)47(72-12)33-49(69)62-27-17-19-42(62)55(73-13)38(8)45(66)31-37(7)54(70)39-23-25-40(26-24-39)59-48(68)22-16-15-20-43(64)50(57)51(58)44(65)21-18-29-74-30-28-63/h23-26,34-38,41-42,47,52-55,63,70H,14-22,27-33H2,1-13H3,(H,59,68)/b51-50-/t36?,37-,38-,41-,42-,47?,52-,53-,54+,55+/m0/s1. The second kappa shape index (κ2) is 33.8. The van der Waals surface area contributed by atoms with Gasteiger partial charge in [-0.1, -0.05) is 73.9 Å². The lowest BCUT2D eigenvalue weighted by Gasteiger charge is -2.41. The number of likely N-dealkylation sites (tertiary alicyclic amines) is 1. The van der Waals surface area contributed by atoms with E-state index in [0.29, 0.717) is 50.1 Å². The first kappa shape index (κ1) is 66.9. The number of methoxy groups -OCH3 is 2. The zero-order chi connectivity index (χ0) is 56.0. The zero-order valence-electron chi connectivity index (χ0n) is 46.6. The van der Waals surface area contributed by atoms with Crippen LogP contribution in [-0.2, 0) is 47.8 Å². The number of anilines is 1. The predicted octanol–water partition coefficient (Wildman–Crippen LogP) is 8.48. The maximum absolute atomic E-state index is 14.4. The highest BCUT2D eigenvalue weighted by molar-refractivity contribution is 9.14. The fourth-order valence-corrected chi connectivity index (χ4v) is 11.1. The normalized spacial score (nSPS) is 18.0. The number of nitrogens with zero attached hydrogens (tertiary/aromatic N) is 3. The van der Waals surface area contributed by atoms with Crippen LogP contribution in [0.5, 0.6) is 0 Å². The van der Waals surface area contributed by atoms with Crippen LogP contribution in [0.15, 0.2) is 33.2 Å². The van der Waals surface area contributed by atoms with Crippen LogP contribution in [0, 0.1) is 35.5 Å². The number of carbonyl (C=O) groups excluding carboxylic acids is 7. The first-order valence-electron chi connectivity index (χ1n) is 26.6. The summed E-state index contributed by atoms with van der Waals surface area (Å²) in [4.78, 5) is 99.6. The van der Waals surface area contributed by atoms with Gasteiger partial charge in [-0.05, 0) is 119 Å². The van der Waals surface area contributed by atoms with Crippen LogP contribution in [0.25, 0.3) is 0 Å². The molecule has 1 fully saturated rings. The Labute approximate surface area is 459 Å². The molecule has 2 rings (SSSR count). The summed E-state index contributed by atoms with van der Waals surface area (Å²) in [7, 11) is 8.65. The number of ketones is 4. The number of benzene rings is 1. The number of ether oxygens (including phenoxy) is 3. The van der Waals surface area contributed by atoms with Crippen molar-refractivity contribution in [2.24, 2.45) is 35.5 Å². The van der Waals surface area contributed by atoms with Gasteiger partial charge < -0.3 is 39.5 Å². The van der Waals surface area contributed by atoms with Crippen molar-refractivity contribution >= 4 is 78.4 Å². The van der Waals surface area contributed by atoms with E-state index in [-0.39, 0.29) is 131 Å². The minimum absolute atomic E-state index is 0.0138. The molecule has 420 valence electrons. The third-order valence-electron chi connectivity index (χ3n) is 14.7. The molecule has 0 radical (unpaired) electrons. The average Bonchev–Trinajstić information content (AvgIpc) is 3.85. The maximum atomic E-state index is 14.4. The number of hydrogen-bond acceptors (Lipinski definition) is 13. The van der Waals surface area contributed by atoms with Crippen molar-refractivity contribution in [2.45, 2.75) is 169 Å². The number of aliphatic hydroxyl groups excluding tert-OH is 2. The minimum atomic E-state index is -0.977. The van der Waals surface area contributed by atoms with Gasteiger partial charge in [0, 0.05) is 84.0 Å². The highest BCUT2D eigenvalue weighted by atomic mass is 79.9. The zero-order valence-corrected chi connectivity index (χ0v) is 49.8. The summed E-state index contributed by atoms with van der Waals surface area (Å²) < 4.78 is 17.6. The third kappa shape index (κ3) is 20.3. The van der Waals surface area contributed by atoms with Crippen LogP contribution in [0.4, 0.5) is 5.69 Å². The molecule has 1 heterocycles. The van der Waals surface area contributed by atoms with E-state index in [1.807, 2.05) is 53.6 Å². The van der Waals surface area contributed by atoms with Gasteiger partial charge in [0.05, 0.1) is 65.0 Å². The predicted molar refractivity (Wildman–Crippen MR) is 296 cm³/mol. The van der Waals surface area contributed by atoms with Crippen molar-refractivity contribution in [3.05, 3.63) is 38.8 Å². The molecular weight excluding hydrogens is 1080 g/mol. The van der Waals surface area contributed by atoms with E-state index in [4.69, 9.17) is 19.3 Å². The van der Waals surface area contributed by atoms with Gasteiger partial charge in [-0.3, -0.25) is 38.5 Å². The number of halogens is 2. The molecule has 1 saturated heterocycles. The summed E-state index contributed by atoms with van der Waals surface area (Å²) in [5, 5.41) is 23.0. The van der Waals surface area contributed by atoms with E-state index in [2.05, 4.69) is 44.1 Å². The summed E-state index contributed by atoms with van der Waals surface area (Å²) in [6, 6.07) is 5.66. The van der Waals surface area contributed by atoms with Crippen molar-refractivity contribution in [3.8, 4) is 0 Å². The largest absolute Gasteiger partial charge is 0.394 e. The van der Waals surface area contributed by atoms with Crippen LogP contribution >= 0.6 is 31.9 Å². The number of Topliss-reactive ketones (excluding diaryl/α,β-unsaturated/α-hetero) is 4. The maximum Gasteiger partial charge on any atom is 0.226 e. The van der Waals surface area contributed by atoms with Crippen LogP contribution in [0.1, 0.15) is 144 Å². The van der Waals surface area contributed by atoms with Gasteiger partial charge >= 0.3 is 0 Å². The fourth-order valence-electron chi connectivity index (χ4n) is 10.3. The molecule has 1 aromatic carbocycles. The smallest absolute Gasteiger partial charge is 0.226 e. The molecule has 3 amide bonds. The van der Waals surface area contributed by atoms with Crippen LogP contribution in [-0.4, -0.2) is 158 Å². The summed E-state index contributed by atoms with van der Waals surface area (Å²) in [6.45, 7) is 16.6. The molecule has 1 aliphatic rings. The molecule has 0 bridgehead atoms. The first-order chi connectivity index (χ1) is 34.9. The molecule has 18 heteroatoms. The van der Waals surface area contributed by atoms with Gasteiger partial charge in [-0.25, -0.2) is 0 Å². The summed E-state index contributed by atoms with van der Waals surface area (Å²) in [6.07, 6.45) is 1.92. The number of hydrogen-bond donors (Lipinski definition) is 3. The number of allylic oxidation sites excluding steroid dienone is 2. The van der Waals surface area contributed by atoms with Gasteiger partial charge in [-0.15, -0.1) is 0 Å². The summed E-state index contributed by atoms with van der Waals surface area (Å²) in [5.41, 5.74) is 1.11. The number of carbonyl (C=O) groups is 7. The van der Waals surface area contributed by atoms with Gasteiger partial charge in [0.2, 0.25) is 17.7 Å². The first-order valence-corrected chi connectivity index (χ1v) is 28.2. The van der Waals surface area contributed by atoms with E-state index in [9.17, 15) is 38.7 Å². The lowest BCUT2D eigenvalue weighted by Crippen LogP contribution is -2.54.